The van der Waals surface area contributed by atoms with Crippen LogP contribution in [0.4, 0.5) is 4.39 Å². The van der Waals surface area contributed by atoms with E-state index in [0.29, 0.717) is 0 Å². The molecule has 0 aromatic carbocycles. The maximum Gasteiger partial charge on any atom is 0.118 e. The van der Waals surface area contributed by atoms with Crippen molar-refractivity contribution in [2.75, 3.05) is 19.6 Å². The zero-order valence-electron chi connectivity index (χ0n) is 5.44. The normalized spacial score (nSPS) is 49.7. The molecule has 0 aromatic heterocycles. The van der Waals surface area contributed by atoms with Crippen molar-refractivity contribution in [3.05, 3.63) is 6.42 Å². The van der Waals surface area contributed by atoms with Gasteiger partial charge in [-0.3, -0.25) is 0 Å². The fourth-order valence-corrected chi connectivity index (χ4v) is 1.60. The van der Waals surface area contributed by atoms with Crippen LogP contribution < -0.4 is 0 Å². The van der Waals surface area contributed by atoms with Crippen LogP contribution in [0, 0.1) is 6.42 Å². The van der Waals surface area contributed by atoms with E-state index in [1.54, 1.807) is 0 Å². The summed E-state index contributed by atoms with van der Waals surface area (Å²) in [7, 11) is 0. The molecule has 1 nitrogen and oxygen atoms in total. The van der Waals surface area contributed by atoms with Gasteiger partial charge in [0.2, 0.25) is 0 Å². The predicted molar refractivity (Wildman–Crippen MR) is 33.8 cm³/mol. The zero-order chi connectivity index (χ0) is 6.32. The summed E-state index contributed by atoms with van der Waals surface area (Å²) in [5, 5.41) is 0. The number of hydrogen-bond donors (Lipinski definition) is 0. The number of fused-ring (bicyclic) bond motifs is 3. The molecule has 3 heterocycles. The molecule has 2 bridgehead atoms. The van der Waals surface area contributed by atoms with Gasteiger partial charge in [0.05, 0.1) is 0 Å². The van der Waals surface area contributed by atoms with Crippen molar-refractivity contribution < 1.29 is 4.39 Å². The SMILES string of the molecule is FC12[CH]CN(CC1)CC2. The van der Waals surface area contributed by atoms with Crippen LogP contribution in [0.15, 0.2) is 0 Å². The van der Waals surface area contributed by atoms with Gasteiger partial charge in [0.25, 0.3) is 0 Å². The first-order valence-corrected chi connectivity index (χ1v) is 3.54. The summed E-state index contributed by atoms with van der Waals surface area (Å²) >= 11 is 0. The lowest BCUT2D eigenvalue weighted by Crippen LogP contribution is -2.50. The zero-order valence-corrected chi connectivity index (χ0v) is 5.44. The topological polar surface area (TPSA) is 3.24 Å². The summed E-state index contributed by atoms with van der Waals surface area (Å²) in [5.74, 6) is 0. The Morgan fingerprint density at radius 3 is 2.22 bits per heavy atom. The van der Waals surface area contributed by atoms with Crippen LogP contribution in [-0.2, 0) is 0 Å². The predicted octanol–water partition coefficient (Wildman–Crippen LogP) is 1.01. The first-order chi connectivity index (χ1) is 4.29. The lowest BCUT2D eigenvalue weighted by atomic mass is 9.85. The molecule has 0 saturated carbocycles. The molecule has 0 unspecified atom stereocenters. The lowest BCUT2D eigenvalue weighted by molar-refractivity contribution is 0.0406. The van der Waals surface area contributed by atoms with Gasteiger partial charge in [0.15, 0.2) is 0 Å². The molecule has 9 heavy (non-hydrogen) atoms. The molecule has 2 heteroatoms. The summed E-state index contributed by atoms with van der Waals surface area (Å²) in [4.78, 5) is 2.29. The highest BCUT2D eigenvalue weighted by molar-refractivity contribution is 5.04. The Morgan fingerprint density at radius 1 is 1.33 bits per heavy atom. The fraction of sp³-hybridized carbons (Fsp3) is 0.857. The molecule has 3 saturated heterocycles. The number of rotatable bonds is 0. The van der Waals surface area contributed by atoms with Crippen LogP contribution in [-0.4, -0.2) is 30.2 Å². The number of halogens is 1. The van der Waals surface area contributed by atoms with E-state index in [1.165, 1.54) is 0 Å². The van der Waals surface area contributed by atoms with Gasteiger partial charge in [0, 0.05) is 26.1 Å². The minimum Gasteiger partial charge on any atom is -0.303 e. The summed E-state index contributed by atoms with van der Waals surface area (Å²) in [6, 6.07) is 0. The molecular weight excluding hydrogens is 117 g/mol. The Bertz CT molecular complexity index is 102. The smallest absolute Gasteiger partial charge is 0.118 e. The van der Waals surface area contributed by atoms with Gasteiger partial charge < -0.3 is 4.90 Å². The van der Waals surface area contributed by atoms with Gasteiger partial charge in [-0.05, 0) is 12.8 Å². The van der Waals surface area contributed by atoms with Crippen molar-refractivity contribution in [1.82, 2.24) is 4.90 Å². The van der Waals surface area contributed by atoms with Crippen LogP contribution in [0.5, 0.6) is 0 Å². The summed E-state index contributed by atoms with van der Waals surface area (Å²) in [6.07, 6.45) is 3.28. The molecule has 0 N–H and O–H groups in total. The Hall–Kier alpha value is -0.110. The van der Waals surface area contributed by atoms with Gasteiger partial charge >= 0.3 is 0 Å². The van der Waals surface area contributed by atoms with Crippen LogP contribution in [0.2, 0.25) is 0 Å². The molecule has 51 valence electrons. The molecule has 0 amide bonds. The molecular formula is C7H11FN. The third-order valence-electron chi connectivity index (χ3n) is 2.40. The van der Waals surface area contributed by atoms with E-state index in [0.717, 1.165) is 32.5 Å². The average Bonchev–Trinajstić information content (AvgIpc) is 1.90. The van der Waals surface area contributed by atoms with Crippen molar-refractivity contribution in [3.8, 4) is 0 Å². The Labute approximate surface area is 54.8 Å². The number of alkyl halides is 1. The second-order valence-corrected chi connectivity index (χ2v) is 3.04. The van der Waals surface area contributed by atoms with Crippen molar-refractivity contribution in [2.45, 2.75) is 18.5 Å². The lowest BCUT2D eigenvalue weighted by Gasteiger charge is -2.42. The van der Waals surface area contributed by atoms with E-state index in [1.807, 2.05) is 6.42 Å². The highest BCUT2D eigenvalue weighted by Gasteiger charge is 2.39. The van der Waals surface area contributed by atoms with Gasteiger partial charge in [-0.15, -0.1) is 0 Å². The Kier molecular flexibility index (Phi) is 1.06. The van der Waals surface area contributed by atoms with Crippen molar-refractivity contribution in [3.63, 3.8) is 0 Å². The number of nitrogens with zero attached hydrogens (tertiary/aromatic N) is 1. The summed E-state index contributed by atoms with van der Waals surface area (Å²) in [5.41, 5.74) is -0.880. The van der Waals surface area contributed by atoms with Gasteiger partial charge in [-0.1, -0.05) is 0 Å². The number of hydrogen-bond acceptors (Lipinski definition) is 1. The first kappa shape index (κ1) is 5.66. The minimum atomic E-state index is -0.880. The quantitative estimate of drug-likeness (QED) is 0.470. The van der Waals surface area contributed by atoms with E-state index in [2.05, 4.69) is 4.90 Å². The second-order valence-electron chi connectivity index (χ2n) is 3.04. The summed E-state index contributed by atoms with van der Waals surface area (Å²) in [6.45, 7) is 2.80. The molecule has 0 aliphatic carbocycles. The van der Waals surface area contributed by atoms with E-state index in [-0.39, 0.29) is 0 Å². The second kappa shape index (κ2) is 1.69. The van der Waals surface area contributed by atoms with E-state index < -0.39 is 5.67 Å². The van der Waals surface area contributed by atoms with Gasteiger partial charge in [-0.25, -0.2) is 4.39 Å². The molecule has 3 aliphatic heterocycles. The van der Waals surface area contributed by atoms with E-state index >= 15 is 0 Å². The van der Waals surface area contributed by atoms with Crippen molar-refractivity contribution in [2.24, 2.45) is 0 Å². The maximum absolute atomic E-state index is 13.3. The Balaban J connectivity index is 2.11. The van der Waals surface area contributed by atoms with Crippen LogP contribution >= 0.6 is 0 Å². The van der Waals surface area contributed by atoms with Crippen LogP contribution in [0.3, 0.4) is 0 Å². The van der Waals surface area contributed by atoms with E-state index in [9.17, 15) is 4.39 Å². The Morgan fingerprint density at radius 2 is 2.00 bits per heavy atom. The van der Waals surface area contributed by atoms with Crippen LogP contribution in [0.1, 0.15) is 12.8 Å². The highest BCUT2D eigenvalue weighted by Crippen LogP contribution is 2.33. The fourth-order valence-electron chi connectivity index (χ4n) is 1.60. The molecule has 0 aromatic rings. The maximum atomic E-state index is 13.3. The highest BCUT2D eigenvalue weighted by atomic mass is 19.1. The van der Waals surface area contributed by atoms with E-state index in [4.69, 9.17) is 0 Å². The molecule has 3 fully saturated rings. The van der Waals surface area contributed by atoms with Crippen molar-refractivity contribution in [1.29, 1.82) is 0 Å². The summed E-state index contributed by atoms with van der Waals surface area (Å²) < 4.78 is 13.3. The monoisotopic (exact) mass is 128 g/mol. The molecule has 0 spiro atoms. The first-order valence-electron chi connectivity index (χ1n) is 3.54. The largest absolute Gasteiger partial charge is 0.303 e. The van der Waals surface area contributed by atoms with Gasteiger partial charge in [0.1, 0.15) is 5.67 Å². The van der Waals surface area contributed by atoms with Gasteiger partial charge in [-0.2, -0.15) is 0 Å². The van der Waals surface area contributed by atoms with Crippen molar-refractivity contribution >= 4 is 0 Å². The molecule has 0 atom stereocenters. The van der Waals surface area contributed by atoms with Crippen LogP contribution in [0.25, 0.3) is 0 Å². The molecule has 3 aliphatic rings. The molecule has 3 rings (SSSR count). The third kappa shape index (κ3) is 0.855. The minimum absolute atomic E-state index is 0.729. The average molecular weight is 128 g/mol. The standard InChI is InChI=1S/C7H11FN/c8-7-1-4-9(5-2-7)6-3-7/h1H,2-6H2. The third-order valence-corrected chi connectivity index (χ3v) is 2.40. The number of piperidine rings is 3. The molecule has 1 radical (unpaired) electrons.